The fourth-order valence-corrected chi connectivity index (χ4v) is 3.36. The van der Waals surface area contributed by atoms with Gasteiger partial charge in [0, 0.05) is 9.61 Å². The molecule has 0 atom stereocenters. The van der Waals surface area contributed by atoms with Crippen LogP contribution in [0.3, 0.4) is 0 Å². The minimum absolute atomic E-state index is 0.515. The van der Waals surface area contributed by atoms with E-state index in [4.69, 9.17) is 23.8 Å². The second-order valence-corrected chi connectivity index (χ2v) is 6.62. The Labute approximate surface area is 132 Å². The van der Waals surface area contributed by atoms with Crippen LogP contribution in [0.4, 0.5) is 5.69 Å². The molecule has 2 N–H and O–H groups in total. The Kier molecular flexibility index (Phi) is 5.51. The number of halogens is 2. The summed E-state index contributed by atoms with van der Waals surface area (Å²) in [5, 5.41) is 7.91. The molecule has 1 saturated carbocycles. The maximum Gasteiger partial charge on any atom is 0.171 e. The van der Waals surface area contributed by atoms with E-state index in [-0.39, 0.29) is 0 Å². The van der Waals surface area contributed by atoms with E-state index >= 15 is 0 Å². The average Bonchev–Trinajstić information content (AvgIpc) is 2.34. The van der Waals surface area contributed by atoms with Crippen molar-refractivity contribution in [3.05, 3.63) is 26.8 Å². The average molecular weight is 395 g/mol. The van der Waals surface area contributed by atoms with Gasteiger partial charge in [-0.1, -0.05) is 30.9 Å². The number of hydrogen-bond acceptors (Lipinski definition) is 1. The Balaban J connectivity index is 1.90. The first-order chi connectivity index (χ1) is 8.65. The number of anilines is 1. The largest absolute Gasteiger partial charge is 0.360 e. The number of thiocarbonyl (C=S) groups is 1. The van der Waals surface area contributed by atoms with Crippen molar-refractivity contribution in [2.75, 3.05) is 5.32 Å². The highest BCUT2D eigenvalue weighted by Gasteiger charge is 2.14. The van der Waals surface area contributed by atoms with E-state index in [1.807, 2.05) is 18.2 Å². The van der Waals surface area contributed by atoms with Crippen LogP contribution in [0.2, 0.25) is 5.02 Å². The van der Waals surface area contributed by atoms with Gasteiger partial charge in [0.15, 0.2) is 5.11 Å². The smallest absolute Gasteiger partial charge is 0.171 e. The molecule has 5 heteroatoms. The Morgan fingerprint density at radius 3 is 2.67 bits per heavy atom. The second kappa shape index (κ2) is 6.91. The molecule has 0 saturated heterocycles. The summed E-state index contributed by atoms with van der Waals surface area (Å²) in [6.07, 6.45) is 6.36. The minimum atomic E-state index is 0.515. The second-order valence-electron chi connectivity index (χ2n) is 4.56. The summed E-state index contributed by atoms with van der Waals surface area (Å²) in [5.74, 6) is 0. The van der Waals surface area contributed by atoms with Gasteiger partial charge >= 0.3 is 0 Å². The van der Waals surface area contributed by atoms with Crippen LogP contribution >= 0.6 is 46.4 Å². The van der Waals surface area contributed by atoms with Crippen molar-refractivity contribution in [2.45, 2.75) is 38.1 Å². The SMILES string of the molecule is S=C(Nc1ccc(I)cc1Cl)NC1CCCCC1. The van der Waals surface area contributed by atoms with Gasteiger partial charge in [-0.15, -0.1) is 0 Å². The molecule has 2 nitrogen and oxygen atoms in total. The summed E-state index contributed by atoms with van der Waals surface area (Å²) in [4.78, 5) is 0. The Morgan fingerprint density at radius 2 is 2.00 bits per heavy atom. The molecule has 0 radical (unpaired) electrons. The maximum atomic E-state index is 6.16. The number of hydrogen-bond donors (Lipinski definition) is 2. The molecule has 1 aromatic carbocycles. The first kappa shape index (κ1) is 14.3. The predicted molar refractivity (Wildman–Crippen MR) is 90.4 cm³/mol. The molecule has 0 unspecified atom stereocenters. The van der Waals surface area contributed by atoms with Crippen LogP contribution in [0.1, 0.15) is 32.1 Å². The van der Waals surface area contributed by atoms with Crippen LogP contribution in [-0.2, 0) is 0 Å². The lowest BCUT2D eigenvalue weighted by Gasteiger charge is -2.24. The molecular formula is C13H16ClIN2S. The number of benzene rings is 1. The highest BCUT2D eigenvalue weighted by atomic mass is 127. The molecule has 1 fully saturated rings. The molecular weight excluding hydrogens is 379 g/mol. The zero-order valence-electron chi connectivity index (χ0n) is 10.0. The molecule has 0 heterocycles. The lowest BCUT2D eigenvalue weighted by molar-refractivity contribution is 0.415. The molecule has 0 amide bonds. The third kappa shape index (κ3) is 4.24. The summed E-state index contributed by atoms with van der Waals surface area (Å²) in [6, 6.07) is 6.41. The van der Waals surface area contributed by atoms with E-state index < -0.39 is 0 Å². The van der Waals surface area contributed by atoms with E-state index in [0.29, 0.717) is 16.2 Å². The molecule has 2 rings (SSSR count). The molecule has 0 spiro atoms. The van der Waals surface area contributed by atoms with Gasteiger partial charge in [0.05, 0.1) is 10.7 Å². The van der Waals surface area contributed by atoms with Gasteiger partial charge in [-0.2, -0.15) is 0 Å². The van der Waals surface area contributed by atoms with E-state index in [1.165, 1.54) is 32.1 Å². The summed E-state index contributed by atoms with van der Waals surface area (Å²) in [5.41, 5.74) is 0.866. The van der Waals surface area contributed by atoms with Crippen molar-refractivity contribution < 1.29 is 0 Å². The van der Waals surface area contributed by atoms with Gasteiger partial charge in [-0.3, -0.25) is 0 Å². The summed E-state index contributed by atoms with van der Waals surface area (Å²) in [7, 11) is 0. The van der Waals surface area contributed by atoms with E-state index in [1.54, 1.807) is 0 Å². The summed E-state index contributed by atoms with van der Waals surface area (Å²) in [6.45, 7) is 0. The molecule has 1 aliphatic rings. The quantitative estimate of drug-likeness (QED) is 0.568. The number of rotatable bonds is 2. The van der Waals surface area contributed by atoms with E-state index in [9.17, 15) is 0 Å². The van der Waals surface area contributed by atoms with Crippen molar-refractivity contribution >= 4 is 57.2 Å². The third-order valence-corrected chi connectivity index (χ3v) is 4.32. The first-order valence-corrected chi connectivity index (χ1v) is 8.04. The van der Waals surface area contributed by atoms with Gasteiger partial charge in [0.25, 0.3) is 0 Å². The highest BCUT2D eigenvalue weighted by Crippen LogP contribution is 2.24. The molecule has 0 aliphatic heterocycles. The van der Waals surface area contributed by atoms with Gasteiger partial charge in [-0.05, 0) is 65.8 Å². The molecule has 0 aromatic heterocycles. The molecule has 1 aromatic rings. The van der Waals surface area contributed by atoms with Crippen LogP contribution < -0.4 is 10.6 Å². The lowest BCUT2D eigenvalue weighted by Crippen LogP contribution is -2.38. The van der Waals surface area contributed by atoms with Crippen molar-refractivity contribution in [3.63, 3.8) is 0 Å². The summed E-state index contributed by atoms with van der Waals surface area (Å²) < 4.78 is 1.12. The standard InChI is InChI=1S/C13H16ClIN2S/c14-11-8-9(15)6-7-12(11)17-13(18)16-10-4-2-1-3-5-10/h6-8,10H,1-5H2,(H2,16,17,18). The first-order valence-electron chi connectivity index (χ1n) is 6.18. The topological polar surface area (TPSA) is 24.1 Å². The maximum absolute atomic E-state index is 6.16. The lowest BCUT2D eigenvalue weighted by atomic mass is 9.96. The van der Waals surface area contributed by atoms with Crippen LogP contribution in [0, 0.1) is 3.57 Å². The van der Waals surface area contributed by atoms with Gasteiger partial charge in [-0.25, -0.2) is 0 Å². The normalized spacial score (nSPS) is 16.3. The zero-order chi connectivity index (χ0) is 13.0. The van der Waals surface area contributed by atoms with E-state index in [0.717, 1.165) is 9.26 Å². The van der Waals surface area contributed by atoms with Crippen molar-refractivity contribution in [2.24, 2.45) is 0 Å². The van der Waals surface area contributed by atoms with Gasteiger partial charge in [0.2, 0.25) is 0 Å². The molecule has 18 heavy (non-hydrogen) atoms. The van der Waals surface area contributed by atoms with Crippen LogP contribution in [0.15, 0.2) is 18.2 Å². The third-order valence-electron chi connectivity index (χ3n) is 3.12. The molecule has 1 aliphatic carbocycles. The van der Waals surface area contributed by atoms with E-state index in [2.05, 4.69) is 33.2 Å². The Morgan fingerprint density at radius 1 is 1.28 bits per heavy atom. The zero-order valence-corrected chi connectivity index (χ0v) is 13.7. The summed E-state index contributed by atoms with van der Waals surface area (Å²) >= 11 is 13.7. The monoisotopic (exact) mass is 394 g/mol. The predicted octanol–water partition coefficient (Wildman–Crippen LogP) is 4.56. The highest BCUT2D eigenvalue weighted by molar-refractivity contribution is 14.1. The van der Waals surface area contributed by atoms with Gasteiger partial charge < -0.3 is 10.6 Å². The Hall–Kier alpha value is -0.0700. The number of nitrogens with one attached hydrogen (secondary N) is 2. The minimum Gasteiger partial charge on any atom is -0.360 e. The fourth-order valence-electron chi connectivity index (χ4n) is 2.18. The van der Waals surface area contributed by atoms with Crippen molar-refractivity contribution in [1.82, 2.24) is 5.32 Å². The fraction of sp³-hybridized carbons (Fsp3) is 0.462. The molecule has 0 bridgehead atoms. The molecule has 98 valence electrons. The van der Waals surface area contributed by atoms with Crippen molar-refractivity contribution in [1.29, 1.82) is 0 Å². The van der Waals surface area contributed by atoms with Crippen LogP contribution in [0.25, 0.3) is 0 Å². The van der Waals surface area contributed by atoms with Gasteiger partial charge in [0.1, 0.15) is 0 Å². The van der Waals surface area contributed by atoms with Crippen molar-refractivity contribution in [3.8, 4) is 0 Å². The van der Waals surface area contributed by atoms with Crippen LogP contribution in [0.5, 0.6) is 0 Å². The Bertz CT molecular complexity index is 433. The van der Waals surface area contributed by atoms with Crippen LogP contribution in [-0.4, -0.2) is 11.2 Å².